The average Bonchev–Trinajstić information content (AvgIpc) is 3.48. The molecular formula is C16H26N4O5S2. The number of ether oxygens (including phenoxy) is 1. The molecule has 152 valence electrons. The summed E-state index contributed by atoms with van der Waals surface area (Å²) in [6, 6.07) is 3.32. The smallest absolute Gasteiger partial charge is 0.281 e. The zero-order valence-electron chi connectivity index (χ0n) is 15.8. The first-order chi connectivity index (χ1) is 12.6. The van der Waals surface area contributed by atoms with Crippen LogP contribution in [0.5, 0.6) is 5.88 Å². The number of aromatic nitrogens is 1. The highest BCUT2D eigenvalue weighted by atomic mass is 32.2. The maximum atomic E-state index is 12.3. The van der Waals surface area contributed by atoms with Crippen LogP contribution in [0.25, 0.3) is 0 Å². The average molecular weight is 419 g/mol. The fourth-order valence-corrected chi connectivity index (χ4v) is 5.66. The van der Waals surface area contributed by atoms with Gasteiger partial charge in [0.05, 0.1) is 17.1 Å². The molecule has 0 spiro atoms. The Kier molecular flexibility index (Phi) is 5.67. The Labute approximate surface area is 161 Å². The maximum absolute atomic E-state index is 12.3. The second-order valence-electron chi connectivity index (χ2n) is 7.07. The van der Waals surface area contributed by atoms with Crippen LogP contribution in [0.4, 0.5) is 5.69 Å². The van der Waals surface area contributed by atoms with Gasteiger partial charge in [0.1, 0.15) is 6.10 Å². The van der Waals surface area contributed by atoms with Crippen molar-refractivity contribution < 1.29 is 21.6 Å². The van der Waals surface area contributed by atoms with Crippen LogP contribution in [-0.4, -0.2) is 76.0 Å². The molecular weight excluding hydrogens is 392 g/mol. The highest BCUT2D eigenvalue weighted by Crippen LogP contribution is 2.32. The number of hydrogen-bond donors (Lipinski definition) is 0. The van der Waals surface area contributed by atoms with Gasteiger partial charge >= 0.3 is 0 Å². The van der Waals surface area contributed by atoms with E-state index < -0.39 is 20.2 Å². The van der Waals surface area contributed by atoms with Crippen LogP contribution in [0, 0.1) is 0 Å². The van der Waals surface area contributed by atoms with Gasteiger partial charge in [-0.15, -0.1) is 0 Å². The zero-order valence-corrected chi connectivity index (χ0v) is 17.4. The molecule has 11 heteroatoms. The van der Waals surface area contributed by atoms with E-state index in [1.54, 1.807) is 12.1 Å². The number of anilines is 1. The van der Waals surface area contributed by atoms with Gasteiger partial charge < -0.3 is 4.74 Å². The molecule has 1 aliphatic heterocycles. The third-order valence-electron chi connectivity index (χ3n) is 4.89. The van der Waals surface area contributed by atoms with Crippen LogP contribution in [0.15, 0.2) is 18.3 Å². The molecule has 2 fully saturated rings. The van der Waals surface area contributed by atoms with Gasteiger partial charge in [0.15, 0.2) is 0 Å². The Bertz CT molecular complexity index is 859. The molecule has 27 heavy (non-hydrogen) atoms. The quantitative estimate of drug-likeness (QED) is 0.645. The van der Waals surface area contributed by atoms with Gasteiger partial charge in [-0.3, -0.25) is 4.31 Å². The van der Waals surface area contributed by atoms with Crippen molar-refractivity contribution in [3.63, 3.8) is 0 Å². The largest absolute Gasteiger partial charge is 0.474 e. The Morgan fingerprint density at radius 2 is 1.67 bits per heavy atom. The van der Waals surface area contributed by atoms with E-state index in [-0.39, 0.29) is 11.4 Å². The minimum atomic E-state index is -3.39. The molecule has 0 atom stereocenters. The summed E-state index contributed by atoms with van der Waals surface area (Å²) in [5.74, 6) is 0.407. The van der Waals surface area contributed by atoms with Crippen molar-refractivity contribution in [2.24, 2.45) is 0 Å². The summed E-state index contributed by atoms with van der Waals surface area (Å²) in [6.45, 7) is 0.789. The summed E-state index contributed by atoms with van der Waals surface area (Å²) < 4.78 is 58.6. The van der Waals surface area contributed by atoms with Crippen LogP contribution in [-0.2, 0) is 20.2 Å². The summed E-state index contributed by atoms with van der Waals surface area (Å²) in [5, 5.41) is -0.276. The lowest BCUT2D eigenvalue weighted by molar-refractivity contribution is 0.128. The molecule has 0 N–H and O–H groups in total. The molecule has 2 heterocycles. The third-order valence-corrected chi connectivity index (χ3v) is 9.12. The van der Waals surface area contributed by atoms with E-state index in [1.165, 1.54) is 40.3 Å². The van der Waals surface area contributed by atoms with Crippen molar-refractivity contribution in [2.45, 2.75) is 37.0 Å². The highest BCUT2D eigenvalue weighted by molar-refractivity contribution is 7.93. The van der Waals surface area contributed by atoms with Crippen molar-refractivity contribution in [1.82, 2.24) is 13.6 Å². The molecule has 9 nitrogen and oxygen atoms in total. The predicted molar refractivity (Wildman–Crippen MR) is 102 cm³/mol. The number of hydrogen-bond acceptors (Lipinski definition) is 6. The van der Waals surface area contributed by atoms with E-state index in [1.807, 2.05) is 0 Å². The molecule has 1 aromatic heterocycles. The van der Waals surface area contributed by atoms with Crippen molar-refractivity contribution in [3.8, 4) is 5.88 Å². The standard InChI is InChI=1S/C16H26N4O5S2/c1-18(2)27(23,24)20-10-8-14(9-11-20)25-16-7-4-13(12-17-16)19(3)26(21,22)15-5-6-15/h4,7,12,14-15H,5-6,8-11H2,1-3H3. The summed E-state index contributed by atoms with van der Waals surface area (Å²) in [7, 11) is -2.13. The van der Waals surface area contributed by atoms with Gasteiger partial charge in [0.2, 0.25) is 15.9 Å². The first-order valence-corrected chi connectivity index (χ1v) is 11.8. The number of piperidine rings is 1. The summed E-state index contributed by atoms with van der Waals surface area (Å²) in [5.41, 5.74) is 0.501. The van der Waals surface area contributed by atoms with E-state index >= 15 is 0 Å². The predicted octanol–water partition coefficient (Wildman–Crippen LogP) is 0.660. The Morgan fingerprint density at radius 1 is 1.04 bits per heavy atom. The molecule has 1 saturated carbocycles. The van der Waals surface area contributed by atoms with Gasteiger partial charge in [-0.25, -0.2) is 13.4 Å². The summed E-state index contributed by atoms with van der Waals surface area (Å²) in [4.78, 5) is 4.21. The summed E-state index contributed by atoms with van der Waals surface area (Å²) >= 11 is 0. The van der Waals surface area contributed by atoms with E-state index in [0.29, 0.717) is 50.3 Å². The highest BCUT2D eigenvalue weighted by Gasteiger charge is 2.39. The maximum Gasteiger partial charge on any atom is 0.281 e. The summed E-state index contributed by atoms with van der Waals surface area (Å²) in [6.07, 6.45) is 3.94. The fourth-order valence-electron chi connectivity index (χ4n) is 2.95. The van der Waals surface area contributed by atoms with Gasteiger partial charge in [-0.1, -0.05) is 0 Å². The Hall–Kier alpha value is -1.43. The van der Waals surface area contributed by atoms with Crippen molar-refractivity contribution in [1.29, 1.82) is 0 Å². The van der Waals surface area contributed by atoms with Gasteiger partial charge in [-0.05, 0) is 31.7 Å². The SMILES string of the molecule is CN(c1ccc(OC2CCN(S(=O)(=O)N(C)C)CC2)nc1)S(=O)(=O)C1CC1. The normalized spacial score (nSPS) is 20.0. The molecule has 0 amide bonds. The number of pyridine rings is 1. The van der Waals surface area contributed by atoms with Crippen molar-refractivity contribution in [2.75, 3.05) is 38.5 Å². The van der Waals surface area contributed by atoms with E-state index in [2.05, 4.69) is 4.98 Å². The molecule has 0 radical (unpaired) electrons. The number of sulfonamides is 1. The number of rotatable bonds is 7. The second-order valence-corrected chi connectivity index (χ2v) is 11.5. The van der Waals surface area contributed by atoms with Gasteiger partial charge in [0, 0.05) is 40.3 Å². The minimum absolute atomic E-state index is 0.120. The monoisotopic (exact) mass is 418 g/mol. The number of nitrogens with zero attached hydrogens (tertiary/aromatic N) is 4. The molecule has 1 aliphatic carbocycles. The van der Waals surface area contributed by atoms with Crippen LogP contribution >= 0.6 is 0 Å². The van der Waals surface area contributed by atoms with Crippen LogP contribution in [0.3, 0.4) is 0 Å². The Balaban J connectivity index is 1.57. The minimum Gasteiger partial charge on any atom is -0.474 e. The lowest BCUT2D eigenvalue weighted by Gasteiger charge is -2.32. The lowest BCUT2D eigenvalue weighted by atomic mass is 10.1. The van der Waals surface area contributed by atoms with Crippen LogP contribution in [0.2, 0.25) is 0 Å². The zero-order chi connectivity index (χ0) is 19.8. The van der Waals surface area contributed by atoms with Gasteiger partial charge in [-0.2, -0.15) is 17.0 Å². The van der Waals surface area contributed by atoms with E-state index in [9.17, 15) is 16.8 Å². The van der Waals surface area contributed by atoms with Gasteiger partial charge in [0.25, 0.3) is 10.2 Å². The van der Waals surface area contributed by atoms with Crippen molar-refractivity contribution >= 4 is 25.9 Å². The molecule has 0 unspecified atom stereocenters. The first-order valence-electron chi connectivity index (χ1n) is 8.90. The third kappa shape index (κ3) is 4.36. The van der Waals surface area contributed by atoms with Crippen LogP contribution in [0.1, 0.15) is 25.7 Å². The van der Waals surface area contributed by atoms with E-state index in [0.717, 1.165) is 0 Å². The van der Waals surface area contributed by atoms with E-state index in [4.69, 9.17) is 4.74 Å². The first kappa shape index (κ1) is 20.3. The van der Waals surface area contributed by atoms with Crippen LogP contribution < -0.4 is 9.04 Å². The fraction of sp³-hybridized carbons (Fsp3) is 0.688. The lowest BCUT2D eigenvalue weighted by Crippen LogP contribution is -2.46. The molecule has 2 aliphatic rings. The molecule has 0 bridgehead atoms. The second kappa shape index (κ2) is 7.53. The molecule has 3 rings (SSSR count). The Morgan fingerprint density at radius 3 is 2.15 bits per heavy atom. The molecule has 1 saturated heterocycles. The molecule has 0 aromatic carbocycles. The van der Waals surface area contributed by atoms with Crippen molar-refractivity contribution in [3.05, 3.63) is 18.3 Å². The molecule has 1 aromatic rings. The topological polar surface area (TPSA) is 100 Å².